The minimum absolute atomic E-state index is 0.159. The summed E-state index contributed by atoms with van der Waals surface area (Å²) in [5.41, 5.74) is 0.617. The van der Waals surface area contributed by atoms with Crippen LogP contribution < -0.4 is 0 Å². The Hall–Kier alpha value is -1.62. The van der Waals surface area contributed by atoms with E-state index in [4.69, 9.17) is 0 Å². The Morgan fingerprint density at radius 3 is 1.93 bits per heavy atom. The van der Waals surface area contributed by atoms with E-state index in [0.717, 1.165) is 25.7 Å². The molecule has 0 aliphatic rings. The van der Waals surface area contributed by atoms with Gasteiger partial charge in [-0.1, -0.05) is 101 Å². The van der Waals surface area contributed by atoms with Gasteiger partial charge in [0, 0.05) is 6.42 Å². The Morgan fingerprint density at radius 1 is 0.800 bits per heavy atom. The summed E-state index contributed by atoms with van der Waals surface area (Å²) in [6.45, 7) is 2.25. The van der Waals surface area contributed by atoms with Gasteiger partial charge in [0.1, 0.15) is 5.75 Å². The number of carbonyl (C=O) groups is 1. The molecule has 0 saturated carbocycles. The van der Waals surface area contributed by atoms with E-state index in [1.54, 1.807) is 24.3 Å². The van der Waals surface area contributed by atoms with E-state index >= 15 is 0 Å². The summed E-state index contributed by atoms with van der Waals surface area (Å²) in [4.78, 5) is 11.8. The molecule has 0 unspecified atom stereocenters. The third kappa shape index (κ3) is 15.3. The Balaban J connectivity index is 1.96. The lowest BCUT2D eigenvalue weighted by atomic mass is 10.1. The van der Waals surface area contributed by atoms with Gasteiger partial charge < -0.3 is 4.18 Å². The molecule has 1 aromatic rings. The molecule has 0 saturated heterocycles. The van der Waals surface area contributed by atoms with E-state index in [1.807, 2.05) is 6.07 Å². The highest BCUT2D eigenvalue weighted by molar-refractivity contribution is 7.86. The van der Waals surface area contributed by atoms with Crippen molar-refractivity contribution in [3.63, 3.8) is 0 Å². The minimum atomic E-state index is -3.86. The Morgan fingerprint density at radius 2 is 1.33 bits per heavy atom. The van der Waals surface area contributed by atoms with E-state index < -0.39 is 16.1 Å². The molecule has 0 aromatic heterocycles. The molecule has 5 heteroatoms. The van der Waals surface area contributed by atoms with Crippen molar-refractivity contribution in [2.75, 3.05) is 0 Å². The van der Waals surface area contributed by atoms with Crippen molar-refractivity contribution in [2.24, 2.45) is 0 Å². The quantitative estimate of drug-likeness (QED) is 0.140. The molecule has 0 aliphatic carbocycles. The van der Waals surface area contributed by atoms with Crippen molar-refractivity contribution in [3.8, 4) is 0 Å². The fourth-order valence-electron chi connectivity index (χ4n) is 3.33. The molecule has 0 radical (unpaired) electrons. The van der Waals surface area contributed by atoms with Crippen molar-refractivity contribution in [2.45, 2.75) is 103 Å². The molecule has 0 amide bonds. The normalized spacial score (nSPS) is 11.8. The lowest BCUT2D eigenvalue weighted by Gasteiger charge is -2.06. The van der Waals surface area contributed by atoms with E-state index in [-0.39, 0.29) is 12.2 Å². The average Bonchev–Trinajstić information content (AvgIpc) is 2.71. The van der Waals surface area contributed by atoms with Crippen LogP contribution in [0.15, 0.2) is 42.5 Å². The van der Waals surface area contributed by atoms with Gasteiger partial charge in [-0.25, -0.2) is 0 Å². The lowest BCUT2D eigenvalue weighted by molar-refractivity contribution is -0.133. The van der Waals surface area contributed by atoms with Gasteiger partial charge in [-0.05, 0) is 37.7 Å². The summed E-state index contributed by atoms with van der Waals surface area (Å²) in [6.07, 6.45) is 20.1. The Kier molecular flexibility index (Phi) is 15.1. The molecule has 30 heavy (non-hydrogen) atoms. The van der Waals surface area contributed by atoms with Crippen LogP contribution in [-0.2, 0) is 24.8 Å². The molecule has 0 bridgehead atoms. The molecule has 0 spiro atoms. The van der Waals surface area contributed by atoms with Crippen LogP contribution in [0.5, 0.6) is 0 Å². The number of allylic oxidation sites excluding steroid dienone is 2. The second-order valence-electron chi connectivity index (χ2n) is 7.98. The molecule has 170 valence electrons. The highest BCUT2D eigenvalue weighted by Crippen LogP contribution is 2.12. The van der Waals surface area contributed by atoms with Gasteiger partial charge in [0.15, 0.2) is 0 Å². The summed E-state index contributed by atoms with van der Waals surface area (Å²) in [5, 5.41) is 0. The Bertz CT molecular complexity index is 680. The summed E-state index contributed by atoms with van der Waals surface area (Å²) in [6, 6.07) is 8.75. The molecule has 1 aromatic carbocycles. The highest BCUT2D eigenvalue weighted by atomic mass is 32.2. The van der Waals surface area contributed by atoms with Crippen LogP contribution in [0.3, 0.4) is 0 Å². The van der Waals surface area contributed by atoms with Crippen LogP contribution in [0.4, 0.5) is 0 Å². The lowest BCUT2D eigenvalue weighted by Crippen LogP contribution is -2.14. The van der Waals surface area contributed by atoms with Gasteiger partial charge in [-0.15, -0.1) is 0 Å². The van der Waals surface area contributed by atoms with Crippen LogP contribution >= 0.6 is 0 Å². The van der Waals surface area contributed by atoms with Crippen molar-refractivity contribution >= 4 is 16.1 Å². The third-order valence-corrected chi connectivity index (χ3v) is 6.18. The standard InChI is InChI=1S/C25H40O4S/c1-2-3-4-5-6-7-8-9-10-11-12-13-14-15-19-22-25(26)29-30(27,28)23-24-20-17-16-18-21-24/h9-10,16-18,20-21H,2-8,11-15,19,22-23H2,1H3. The smallest absolute Gasteiger partial charge is 0.322 e. The van der Waals surface area contributed by atoms with Gasteiger partial charge in [0.25, 0.3) is 0 Å². The molecule has 1 rings (SSSR count). The number of unbranched alkanes of at least 4 members (excludes halogenated alkanes) is 11. The maximum absolute atomic E-state index is 11.9. The van der Waals surface area contributed by atoms with Crippen molar-refractivity contribution < 1.29 is 17.4 Å². The first-order valence-corrected chi connectivity index (χ1v) is 13.2. The zero-order chi connectivity index (χ0) is 21.9. The van der Waals surface area contributed by atoms with Crippen LogP contribution in [0.1, 0.15) is 102 Å². The molecule has 0 heterocycles. The second-order valence-corrected chi connectivity index (χ2v) is 9.55. The van der Waals surface area contributed by atoms with Crippen LogP contribution in [0.2, 0.25) is 0 Å². The number of rotatable bonds is 18. The Labute approximate surface area is 184 Å². The summed E-state index contributed by atoms with van der Waals surface area (Å²) < 4.78 is 28.5. The molecular formula is C25H40O4S. The van der Waals surface area contributed by atoms with E-state index in [2.05, 4.69) is 23.3 Å². The molecule has 0 aliphatic heterocycles. The zero-order valence-electron chi connectivity index (χ0n) is 18.7. The van der Waals surface area contributed by atoms with Crippen molar-refractivity contribution in [3.05, 3.63) is 48.0 Å². The molecule has 0 N–H and O–H groups in total. The predicted molar refractivity (Wildman–Crippen MR) is 125 cm³/mol. The van der Waals surface area contributed by atoms with Gasteiger partial charge in [-0.2, -0.15) is 8.42 Å². The van der Waals surface area contributed by atoms with Crippen molar-refractivity contribution in [1.29, 1.82) is 0 Å². The van der Waals surface area contributed by atoms with Crippen LogP contribution in [-0.4, -0.2) is 14.4 Å². The minimum Gasteiger partial charge on any atom is -0.345 e. The summed E-state index contributed by atoms with van der Waals surface area (Å²) >= 11 is 0. The first kappa shape index (κ1) is 26.4. The third-order valence-electron chi connectivity index (χ3n) is 5.05. The highest BCUT2D eigenvalue weighted by Gasteiger charge is 2.17. The maximum Gasteiger partial charge on any atom is 0.322 e. The SMILES string of the molecule is CCCCCCCCC=CCCCCCCCC(=O)OS(=O)(=O)Cc1ccccc1. The molecule has 0 atom stereocenters. The zero-order valence-corrected chi connectivity index (χ0v) is 19.5. The molecular weight excluding hydrogens is 396 g/mol. The second kappa shape index (κ2) is 17.1. The van der Waals surface area contributed by atoms with Gasteiger partial charge >= 0.3 is 16.1 Å². The first-order chi connectivity index (χ1) is 14.5. The number of hydrogen-bond donors (Lipinski definition) is 0. The fourth-order valence-corrected chi connectivity index (χ4v) is 4.36. The average molecular weight is 437 g/mol. The van der Waals surface area contributed by atoms with Gasteiger partial charge in [-0.3, -0.25) is 4.79 Å². The van der Waals surface area contributed by atoms with Gasteiger partial charge in [0.05, 0.1) is 0 Å². The number of carbonyl (C=O) groups excluding carboxylic acids is 1. The largest absolute Gasteiger partial charge is 0.345 e. The molecule has 4 nitrogen and oxygen atoms in total. The maximum atomic E-state index is 11.9. The summed E-state index contributed by atoms with van der Waals surface area (Å²) in [5.74, 6) is -0.921. The summed E-state index contributed by atoms with van der Waals surface area (Å²) in [7, 11) is -3.86. The fraction of sp³-hybridized carbons (Fsp3) is 0.640. The first-order valence-electron chi connectivity index (χ1n) is 11.7. The topological polar surface area (TPSA) is 60.4 Å². The van der Waals surface area contributed by atoms with E-state index in [9.17, 15) is 13.2 Å². The van der Waals surface area contributed by atoms with Crippen LogP contribution in [0.25, 0.3) is 0 Å². The predicted octanol–water partition coefficient (Wildman–Crippen LogP) is 7.10. The molecule has 0 fully saturated rings. The van der Waals surface area contributed by atoms with E-state index in [0.29, 0.717) is 12.0 Å². The monoisotopic (exact) mass is 436 g/mol. The number of hydrogen-bond acceptors (Lipinski definition) is 4. The van der Waals surface area contributed by atoms with Crippen molar-refractivity contribution in [1.82, 2.24) is 0 Å². The van der Waals surface area contributed by atoms with E-state index in [1.165, 1.54) is 51.4 Å². The van der Waals surface area contributed by atoms with Crippen LogP contribution in [0, 0.1) is 0 Å². The van der Waals surface area contributed by atoms with Gasteiger partial charge in [0.2, 0.25) is 0 Å². The number of benzene rings is 1.